The summed E-state index contributed by atoms with van der Waals surface area (Å²) in [6, 6.07) is 17.1. The summed E-state index contributed by atoms with van der Waals surface area (Å²) >= 11 is 0. The fourth-order valence-corrected chi connectivity index (χ4v) is 2.02. The van der Waals surface area contributed by atoms with Crippen molar-refractivity contribution in [2.45, 2.75) is 33.1 Å². The molecule has 0 amide bonds. The minimum absolute atomic E-state index is 0.582. The van der Waals surface area contributed by atoms with E-state index in [-0.39, 0.29) is 0 Å². The van der Waals surface area contributed by atoms with E-state index < -0.39 is 0 Å². The summed E-state index contributed by atoms with van der Waals surface area (Å²) in [6.07, 6.45) is 1.04. The Bertz CT molecular complexity index is 494. The molecular formula is C18H22O. The second-order valence-electron chi connectivity index (χ2n) is 5.15. The van der Waals surface area contributed by atoms with Gasteiger partial charge >= 0.3 is 0 Å². The summed E-state index contributed by atoms with van der Waals surface area (Å²) < 4.78 is 5.60. The van der Waals surface area contributed by atoms with Crippen molar-refractivity contribution in [1.29, 1.82) is 0 Å². The van der Waals surface area contributed by atoms with Crippen LogP contribution >= 0.6 is 0 Å². The lowest BCUT2D eigenvalue weighted by molar-refractivity contribution is 0.317. The Morgan fingerprint density at radius 3 is 1.84 bits per heavy atom. The lowest BCUT2D eigenvalue weighted by Gasteiger charge is -2.08. The minimum Gasteiger partial charge on any atom is -0.494 e. The van der Waals surface area contributed by atoms with E-state index >= 15 is 0 Å². The van der Waals surface area contributed by atoms with Crippen LogP contribution < -0.4 is 4.74 Å². The van der Waals surface area contributed by atoms with Crippen LogP contribution in [0.2, 0.25) is 0 Å². The van der Waals surface area contributed by atoms with Crippen LogP contribution in [-0.2, 0) is 0 Å². The molecule has 0 aromatic heterocycles. The predicted molar refractivity (Wildman–Crippen MR) is 81.8 cm³/mol. The summed E-state index contributed by atoms with van der Waals surface area (Å²) in [4.78, 5) is 0. The highest BCUT2D eigenvalue weighted by Crippen LogP contribution is 2.24. The molecule has 0 unspecified atom stereocenters. The Kier molecular flexibility index (Phi) is 4.62. The van der Waals surface area contributed by atoms with Crippen LogP contribution in [0.5, 0.6) is 5.75 Å². The number of benzene rings is 2. The predicted octanol–water partition coefficient (Wildman–Crippen LogP) is 5.27. The zero-order valence-corrected chi connectivity index (χ0v) is 12.0. The van der Waals surface area contributed by atoms with E-state index in [1.807, 2.05) is 12.1 Å². The minimum atomic E-state index is 0.582. The van der Waals surface area contributed by atoms with Gasteiger partial charge in [0.15, 0.2) is 0 Å². The van der Waals surface area contributed by atoms with Gasteiger partial charge in [0.2, 0.25) is 0 Å². The van der Waals surface area contributed by atoms with Crippen LogP contribution in [-0.4, -0.2) is 6.61 Å². The largest absolute Gasteiger partial charge is 0.494 e. The summed E-state index contributed by atoms with van der Waals surface area (Å²) in [7, 11) is 0. The fraction of sp³-hybridized carbons (Fsp3) is 0.333. The van der Waals surface area contributed by atoms with Gasteiger partial charge in [-0.25, -0.2) is 0 Å². The van der Waals surface area contributed by atoms with Gasteiger partial charge in [-0.1, -0.05) is 57.2 Å². The average molecular weight is 254 g/mol. The molecule has 0 fully saturated rings. The Morgan fingerprint density at radius 2 is 1.37 bits per heavy atom. The number of hydrogen-bond donors (Lipinski definition) is 0. The van der Waals surface area contributed by atoms with Crippen LogP contribution in [0, 0.1) is 0 Å². The van der Waals surface area contributed by atoms with Crippen LogP contribution in [0.15, 0.2) is 48.5 Å². The van der Waals surface area contributed by atoms with Gasteiger partial charge in [-0.2, -0.15) is 0 Å². The summed E-state index contributed by atoms with van der Waals surface area (Å²) in [5, 5.41) is 0. The van der Waals surface area contributed by atoms with Crippen LogP contribution in [0.3, 0.4) is 0 Å². The molecular weight excluding hydrogens is 232 g/mol. The highest BCUT2D eigenvalue weighted by Gasteiger charge is 2.01. The molecule has 0 saturated carbocycles. The van der Waals surface area contributed by atoms with E-state index in [1.165, 1.54) is 16.7 Å². The third-order valence-electron chi connectivity index (χ3n) is 3.24. The lowest BCUT2D eigenvalue weighted by atomic mass is 9.99. The second-order valence-corrected chi connectivity index (χ2v) is 5.15. The zero-order valence-electron chi connectivity index (χ0n) is 12.0. The molecule has 2 aromatic rings. The van der Waals surface area contributed by atoms with Crippen LogP contribution in [0.4, 0.5) is 0 Å². The molecule has 0 bridgehead atoms. The molecule has 2 aromatic carbocycles. The molecule has 1 nitrogen and oxygen atoms in total. The van der Waals surface area contributed by atoms with Gasteiger partial charge in [0.1, 0.15) is 5.75 Å². The van der Waals surface area contributed by atoms with Gasteiger partial charge < -0.3 is 4.74 Å². The van der Waals surface area contributed by atoms with E-state index in [0.717, 1.165) is 18.8 Å². The second kappa shape index (κ2) is 6.42. The Morgan fingerprint density at radius 1 is 0.842 bits per heavy atom. The van der Waals surface area contributed by atoms with Gasteiger partial charge in [-0.15, -0.1) is 0 Å². The van der Waals surface area contributed by atoms with Crippen LogP contribution in [0.25, 0.3) is 11.1 Å². The Balaban J connectivity index is 2.13. The maximum Gasteiger partial charge on any atom is 0.119 e. The summed E-state index contributed by atoms with van der Waals surface area (Å²) in [6.45, 7) is 7.33. The SMILES string of the molecule is CCCOc1ccc(-c2ccc(C(C)C)cc2)cc1. The fourth-order valence-electron chi connectivity index (χ4n) is 2.02. The Labute approximate surface area is 116 Å². The monoisotopic (exact) mass is 254 g/mol. The molecule has 0 heterocycles. The molecule has 0 N–H and O–H groups in total. The molecule has 2 rings (SSSR count). The van der Waals surface area contributed by atoms with E-state index in [0.29, 0.717) is 5.92 Å². The van der Waals surface area contributed by atoms with Gasteiger partial charge in [0, 0.05) is 0 Å². The first-order valence-electron chi connectivity index (χ1n) is 7.04. The van der Waals surface area contributed by atoms with Crippen molar-refractivity contribution in [2.75, 3.05) is 6.61 Å². The van der Waals surface area contributed by atoms with Crippen molar-refractivity contribution in [3.05, 3.63) is 54.1 Å². The standard InChI is InChI=1S/C18H22O/c1-4-13-19-18-11-9-17(10-12-18)16-7-5-15(6-8-16)14(2)3/h5-12,14H,4,13H2,1-3H3. The molecule has 0 atom stereocenters. The van der Waals surface area contributed by atoms with Crippen molar-refractivity contribution in [1.82, 2.24) is 0 Å². The first kappa shape index (κ1) is 13.7. The first-order valence-corrected chi connectivity index (χ1v) is 7.04. The Hall–Kier alpha value is -1.76. The number of hydrogen-bond acceptors (Lipinski definition) is 1. The van der Waals surface area contributed by atoms with Crippen molar-refractivity contribution < 1.29 is 4.74 Å². The van der Waals surface area contributed by atoms with Crippen molar-refractivity contribution >= 4 is 0 Å². The summed E-state index contributed by atoms with van der Waals surface area (Å²) in [5.74, 6) is 1.53. The number of rotatable bonds is 5. The van der Waals surface area contributed by atoms with Gasteiger partial charge in [-0.05, 0) is 41.2 Å². The normalized spacial score (nSPS) is 10.7. The molecule has 0 spiro atoms. The highest BCUT2D eigenvalue weighted by molar-refractivity contribution is 5.64. The van der Waals surface area contributed by atoms with Crippen LogP contribution in [0.1, 0.15) is 38.7 Å². The third kappa shape index (κ3) is 3.60. The van der Waals surface area contributed by atoms with Crippen molar-refractivity contribution in [3.8, 4) is 16.9 Å². The smallest absolute Gasteiger partial charge is 0.119 e. The van der Waals surface area contributed by atoms with Gasteiger partial charge in [0.05, 0.1) is 6.61 Å². The van der Waals surface area contributed by atoms with Crippen molar-refractivity contribution in [2.24, 2.45) is 0 Å². The van der Waals surface area contributed by atoms with Gasteiger partial charge in [-0.3, -0.25) is 0 Å². The topological polar surface area (TPSA) is 9.23 Å². The molecule has 0 aliphatic rings. The van der Waals surface area contributed by atoms with E-state index in [2.05, 4.69) is 57.2 Å². The van der Waals surface area contributed by atoms with Crippen molar-refractivity contribution in [3.63, 3.8) is 0 Å². The molecule has 0 aliphatic carbocycles. The van der Waals surface area contributed by atoms with E-state index in [1.54, 1.807) is 0 Å². The van der Waals surface area contributed by atoms with E-state index in [4.69, 9.17) is 4.74 Å². The maximum atomic E-state index is 5.60. The maximum absolute atomic E-state index is 5.60. The molecule has 0 saturated heterocycles. The van der Waals surface area contributed by atoms with Gasteiger partial charge in [0.25, 0.3) is 0 Å². The first-order chi connectivity index (χ1) is 9.20. The molecule has 19 heavy (non-hydrogen) atoms. The lowest BCUT2D eigenvalue weighted by Crippen LogP contribution is -1.94. The quantitative estimate of drug-likeness (QED) is 0.706. The highest BCUT2D eigenvalue weighted by atomic mass is 16.5. The van der Waals surface area contributed by atoms with E-state index in [9.17, 15) is 0 Å². The number of ether oxygens (including phenoxy) is 1. The molecule has 0 aliphatic heterocycles. The molecule has 100 valence electrons. The third-order valence-corrected chi connectivity index (χ3v) is 3.24. The molecule has 1 heteroatoms. The summed E-state index contributed by atoms with van der Waals surface area (Å²) in [5.41, 5.74) is 3.87. The average Bonchev–Trinajstić information content (AvgIpc) is 2.46. The zero-order chi connectivity index (χ0) is 13.7. The molecule has 0 radical (unpaired) electrons.